The third kappa shape index (κ3) is 3.39. The molecule has 2 heterocycles. The van der Waals surface area contributed by atoms with Gasteiger partial charge in [-0.25, -0.2) is 28.1 Å². The highest BCUT2D eigenvalue weighted by molar-refractivity contribution is 8.14. The predicted octanol–water partition coefficient (Wildman–Crippen LogP) is 2.63. The number of halogens is 3. The summed E-state index contributed by atoms with van der Waals surface area (Å²) in [7, 11) is 1.40. The van der Waals surface area contributed by atoms with Gasteiger partial charge in [0.25, 0.3) is 5.91 Å². The molecule has 0 saturated heterocycles. The Kier molecular flexibility index (Phi) is 4.85. The largest absolute Gasteiger partial charge is 0.480 e. The second-order valence-electron chi connectivity index (χ2n) is 6.72. The van der Waals surface area contributed by atoms with E-state index in [0.717, 1.165) is 6.07 Å². The number of thioether (sulfide) groups is 1. The molecule has 0 radical (unpaired) electrons. The zero-order valence-electron chi connectivity index (χ0n) is 15.2. The fourth-order valence-corrected chi connectivity index (χ4v) is 4.66. The number of rotatable bonds is 5. The first-order valence-corrected chi connectivity index (χ1v) is 9.50. The first-order valence-electron chi connectivity index (χ1n) is 8.63. The number of anilines is 1. The number of benzene rings is 1. The van der Waals surface area contributed by atoms with Crippen LogP contribution in [0.4, 0.5) is 18.9 Å². The number of amidine groups is 1. The lowest BCUT2D eigenvalue weighted by atomic mass is 9.85. The highest BCUT2D eigenvalue weighted by atomic mass is 32.2. The highest BCUT2D eigenvalue weighted by Crippen LogP contribution is 2.58. The van der Waals surface area contributed by atoms with E-state index in [1.165, 1.54) is 37.3 Å². The van der Waals surface area contributed by atoms with Gasteiger partial charge in [0.2, 0.25) is 5.88 Å². The number of amides is 1. The van der Waals surface area contributed by atoms with Crippen molar-refractivity contribution in [2.24, 2.45) is 16.6 Å². The molecule has 3 atom stereocenters. The van der Waals surface area contributed by atoms with Crippen LogP contribution in [0.2, 0.25) is 0 Å². The van der Waals surface area contributed by atoms with Gasteiger partial charge in [-0.3, -0.25) is 4.79 Å². The van der Waals surface area contributed by atoms with E-state index in [2.05, 4.69) is 20.3 Å². The van der Waals surface area contributed by atoms with Crippen LogP contribution in [0.1, 0.15) is 22.5 Å². The van der Waals surface area contributed by atoms with E-state index in [4.69, 9.17) is 10.5 Å². The van der Waals surface area contributed by atoms with Crippen LogP contribution >= 0.6 is 11.8 Å². The molecule has 11 heteroatoms. The Balaban J connectivity index is 1.69. The van der Waals surface area contributed by atoms with Crippen molar-refractivity contribution >= 4 is 28.5 Å². The Morgan fingerprint density at radius 2 is 2.17 bits per heavy atom. The molecule has 0 spiro atoms. The van der Waals surface area contributed by atoms with Gasteiger partial charge >= 0.3 is 0 Å². The summed E-state index contributed by atoms with van der Waals surface area (Å²) in [6, 6.07) is 2.00. The standard InChI is InChI=1S/C18H16F3N5O2S/c1-28-14-6-23-12(5-24-14)16(27)25-8-2-10(15(21)11(20)3-8)18(7-19)9-4-13(9)29-17(22)26-18/h2-3,5-6,9,13H,4,7H2,1H3,(H2,22,26)(H,25,27)/t9?,13?,18-/m0/s1. The maximum absolute atomic E-state index is 14.7. The van der Waals surface area contributed by atoms with Gasteiger partial charge in [0.05, 0.1) is 19.5 Å². The van der Waals surface area contributed by atoms with E-state index in [-0.39, 0.29) is 39.2 Å². The third-order valence-corrected chi connectivity index (χ3v) is 6.11. The second-order valence-corrected chi connectivity index (χ2v) is 7.98. The Bertz CT molecular complexity index is 1000. The summed E-state index contributed by atoms with van der Waals surface area (Å²) in [5, 5.41) is 2.57. The predicted molar refractivity (Wildman–Crippen MR) is 102 cm³/mol. The van der Waals surface area contributed by atoms with Crippen molar-refractivity contribution < 1.29 is 22.7 Å². The summed E-state index contributed by atoms with van der Waals surface area (Å²) in [6.45, 7) is -1.03. The lowest BCUT2D eigenvalue weighted by Crippen LogP contribution is -2.37. The number of nitrogens with two attached hydrogens (primary N) is 1. The number of ether oxygens (including phenoxy) is 1. The number of alkyl halides is 1. The van der Waals surface area contributed by atoms with Crippen LogP contribution in [0.5, 0.6) is 5.88 Å². The zero-order valence-corrected chi connectivity index (χ0v) is 16.0. The first kappa shape index (κ1) is 19.5. The zero-order chi connectivity index (χ0) is 20.8. The lowest BCUT2D eigenvalue weighted by Gasteiger charge is -2.31. The molecular formula is C18H16F3N5O2S. The van der Waals surface area contributed by atoms with Gasteiger partial charge in [0.15, 0.2) is 16.8 Å². The van der Waals surface area contributed by atoms with Crippen LogP contribution in [0.25, 0.3) is 0 Å². The highest BCUT2D eigenvalue weighted by Gasteiger charge is 2.58. The van der Waals surface area contributed by atoms with Crippen molar-refractivity contribution in [2.75, 3.05) is 19.1 Å². The van der Waals surface area contributed by atoms with Crippen molar-refractivity contribution in [3.8, 4) is 5.88 Å². The molecule has 2 aliphatic rings. The number of fused-ring (bicyclic) bond motifs is 1. The summed E-state index contributed by atoms with van der Waals surface area (Å²) in [5.74, 6) is -3.21. The van der Waals surface area contributed by atoms with E-state index in [1.54, 1.807) is 0 Å². The van der Waals surface area contributed by atoms with Crippen molar-refractivity contribution in [1.82, 2.24) is 9.97 Å². The average molecular weight is 423 g/mol. The smallest absolute Gasteiger partial charge is 0.275 e. The van der Waals surface area contributed by atoms with Crippen molar-refractivity contribution in [1.29, 1.82) is 0 Å². The van der Waals surface area contributed by atoms with E-state index >= 15 is 0 Å². The number of aromatic nitrogens is 2. The maximum Gasteiger partial charge on any atom is 0.275 e. The van der Waals surface area contributed by atoms with E-state index < -0.39 is 29.8 Å². The molecule has 2 aromatic rings. The number of nitrogens with one attached hydrogen (secondary N) is 1. The number of hydrogen-bond donors (Lipinski definition) is 2. The molecule has 1 aromatic heterocycles. The minimum atomic E-state index is -1.61. The number of aliphatic imine (C=N–C) groups is 1. The van der Waals surface area contributed by atoms with E-state index in [9.17, 15) is 18.0 Å². The summed E-state index contributed by atoms with van der Waals surface area (Å²) < 4.78 is 48.0. The van der Waals surface area contributed by atoms with Gasteiger partial charge in [-0.2, -0.15) is 0 Å². The summed E-state index contributed by atoms with van der Waals surface area (Å²) in [5.41, 5.74) is 3.79. The van der Waals surface area contributed by atoms with Crippen LogP contribution in [0, 0.1) is 17.6 Å². The SMILES string of the molecule is COc1cnc(C(=O)Nc2cc(F)c(F)c([C@@]3(CF)N=C(N)SC4CC43)c2)cn1. The van der Waals surface area contributed by atoms with Crippen LogP contribution in [-0.4, -0.2) is 40.1 Å². The quantitative estimate of drug-likeness (QED) is 0.767. The van der Waals surface area contributed by atoms with Gasteiger partial charge in [-0.1, -0.05) is 11.8 Å². The number of carbonyl (C=O) groups excluding carboxylic acids is 1. The van der Waals surface area contributed by atoms with E-state index in [0.29, 0.717) is 6.42 Å². The summed E-state index contributed by atoms with van der Waals surface area (Å²) in [4.78, 5) is 24.3. The first-order chi connectivity index (χ1) is 13.9. The Hall–Kier alpha value is -2.82. The van der Waals surface area contributed by atoms with Gasteiger partial charge in [0.1, 0.15) is 17.9 Å². The van der Waals surface area contributed by atoms with Gasteiger partial charge in [-0.15, -0.1) is 0 Å². The molecule has 1 aliphatic heterocycles. The molecule has 29 heavy (non-hydrogen) atoms. The fourth-order valence-electron chi connectivity index (χ4n) is 3.44. The fraction of sp³-hybridized carbons (Fsp3) is 0.333. The molecule has 3 N–H and O–H groups in total. The maximum atomic E-state index is 14.7. The average Bonchev–Trinajstić information content (AvgIpc) is 3.49. The molecule has 4 rings (SSSR count). The van der Waals surface area contributed by atoms with Gasteiger partial charge in [0, 0.05) is 28.5 Å². The van der Waals surface area contributed by atoms with Crippen molar-refractivity contribution in [2.45, 2.75) is 17.2 Å². The molecule has 152 valence electrons. The molecule has 1 aliphatic carbocycles. The minimum absolute atomic E-state index is 0.0125. The van der Waals surface area contributed by atoms with Gasteiger partial charge in [-0.05, 0) is 12.5 Å². The van der Waals surface area contributed by atoms with Crippen LogP contribution in [-0.2, 0) is 5.54 Å². The molecule has 1 saturated carbocycles. The molecule has 1 amide bonds. The topological polar surface area (TPSA) is 102 Å². The second kappa shape index (κ2) is 7.21. The van der Waals surface area contributed by atoms with Crippen LogP contribution in [0.3, 0.4) is 0 Å². The number of methoxy groups -OCH3 is 1. The Morgan fingerprint density at radius 1 is 1.38 bits per heavy atom. The number of nitrogens with zero attached hydrogens (tertiary/aromatic N) is 3. The summed E-state index contributed by atoms with van der Waals surface area (Å²) in [6.07, 6.45) is 3.02. The third-order valence-electron chi connectivity index (χ3n) is 4.95. The summed E-state index contributed by atoms with van der Waals surface area (Å²) >= 11 is 1.30. The monoisotopic (exact) mass is 423 g/mol. The molecule has 2 unspecified atom stereocenters. The molecular weight excluding hydrogens is 407 g/mol. The Morgan fingerprint density at radius 3 is 2.83 bits per heavy atom. The van der Waals surface area contributed by atoms with Crippen LogP contribution < -0.4 is 15.8 Å². The molecule has 0 bridgehead atoms. The van der Waals surface area contributed by atoms with Crippen molar-refractivity contribution in [3.05, 3.63) is 47.4 Å². The molecule has 1 fully saturated rings. The lowest BCUT2D eigenvalue weighted by molar-refractivity contribution is 0.102. The van der Waals surface area contributed by atoms with Crippen LogP contribution in [0.15, 0.2) is 29.5 Å². The molecule has 1 aromatic carbocycles. The minimum Gasteiger partial charge on any atom is -0.480 e. The number of hydrogen-bond acceptors (Lipinski definition) is 7. The van der Waals surface area contributed by atoms with Crippen molar-refractivity contribution in [3.63, 3.8) is 0 Å². The normalized spacial score (nSPS) is 25.0. The van der Waals surface area contributed by atoms with Gasteiger partial charge < -0.3 is 15.8 Å². The molecule has 7 nitrogen and oxygen atoms in total. The van der Waals surface area contributed by atoms with E-state index in [1.807, 2.05) is 0 Å². The Labute approximate surface area is 168 Å². The number of carbonyl (C=O) groups is 1.